The standard InChI is InChI=1S/C20H39N9/c21-19-12-23-5-8-26-15-20(16-27-9-6-24-13-19,17-28-10-7-25-14-19)29-11-18-1-3-22-4-2-18/h1-4,23-29H,5-17,21H2. The summed E-state index contributed by atoms with van der Waals surface area (Å²) >= 11 is 0. The molecule has 0 saturated carbocycles. The summed E-state index contributed by atoms with van der Waals surface area (Å²) in [6.07, 6.45) is 3.70. The second kappa shape index (κ2) is 11.9. The van der Waals surface area contributed by atoms with Crippen molar-refractivity contribution in [1.29, 1.82) is 0 Å². The summed E-state index contributed by atoms with van der Waals surface area (Å²) in [5.41, 5.74) is 7.53. The molecule has 3 saturated heterocycles. The summed E-state index contributed by atoms with van der Waals surface area (Å²) in [5, 5.41) is 25.4. The lowest BCUT2D eigenvalue weighted by molar-refractivity contribution is 0.269. The van der Waals surface area contributed by atoms with Gasteiger partial charge in [-0.2, -0.15) is 0 Å². The maximum Gasteiger partial charge on any atom is 0.0561 e. The highest BCUT2D eigenvalue weighted by Crippen LogP contribution is 2.06. The molecule has 3 fully saturated rings. The van der Waals surface area contributed by atoms with Gasteiger partial charge in [-0.15, -0.1) is 0 Å². The van der Waals surface area contributed by atoms with Crippen molar-refractivity contribution in [3.63, 3.8) is 0 Å². The first-order valence-electron chi connectivity index (χ1n) is 10.9. The maximum absolute atomic E-state index is 6.65. The molecule has 9 nitrogen and oxygen atoms in total. The first kappa shape index (κ1) is 22.5. The molecule has 9 N–H and O–H groups in total. The zero-order chi connectivity index (χ0) is 20.3. The molecule has 4 rings (SSSR count). The van der Waals surface area contributed by atoms with Crippen LogP contribution in [0.3, 0.4) is 0 Å². The van der Waals surface area contributed by atoms with Crippen LogP contribution in [0, 0.1) is 0 Å². The number of pyridine rings is 1. The quantitative estimate of drug-likeness (QED) is 0.269. The number of fused-ring (bicyclic) bond motifs is 15. The van der Waals surface area contributed by atoms with E-state index in [0.29, 0.717) is 0 Å². The summed E-state index contributed by atoms with van der Waals surface area (Å²) in [6.45, 7) is 11.3. The van der Waals surface area contributed by atoms with E-state index in [2.05, 4.69) is 54.3 Å². The molecule has 0 spiro atoms. The van der Waals surface area contributed by atoms with Gasteiger partial charge in [-0.25, -0.2) is 0 Å². The van der Waals surface area contributed by atoms with E-state index in [-0.39, 0.29) is 11.1 Å². The molecule has 0 amide bonds. The molecule has 0 radical (unpaired) electrons. The monoisotopic (exact) mass is 405 g/mol. The Morgan fingerprint density at radius 1 is 0.724 bits per heavy atom. The van der Waals surface area contributed by atoms with Gasteiger partial charge >= 0.3 is 0 Å². The van der Waals surface area contributed by atoms with Crippen molar-refractivity contribution >= 4 is 0 Å². The van der Waals surface area contributed by atoms with Gasteiger partial charge < -0.3 is 43.0 Å². The van der Waals surface area contributed by atoms with Crippen molar-refractivity contribution in [2.24, 2.45) is 5.73 Å². The van der Waals surface area contributed by atoms with Crippen LogP contribution in [0.15, 0.2) is 24.5 Å². The molecule has 0 aromatic carbocycles. The minimum absolute atomic E-state index is 0.0882. The largest absolute Gasteiger partial charge is 0.322 e. The first-order chi connectivity index (χ1) is 14.2. The summed E-state index contributed by atoms with van der Waals surface area (Å²) in [4.78, 5) is 4.13. The van der Waals surface area contributed by atoms with Crippen molar-refractivity contribution in [2.45, 2.75) is 17.6 Å². The molecular weight excluding hydrogens is 366 g/mol. The van der Waals surface area contributed by atoms with E-state index in [4.69, 9.17) is 5.73 Å². The van der Waals surface area contributed by atoms with Crippen molar-refractivity contribution < 1.29 is 0 Å². The summed E-state index contributed by atoms with van der Waals surface area (Å²) in [5.74, 6) is 0. The van der Waals surface area contributed by atoms with Gasteiger partial charge in [-0.05, 0) is 17.7 Å². The van der Waals surface area contributed by atoms with Gasteiger partial charge in [0.15, 0.2) is 0 Å². The summed E-state index contributed by atoms with van der Waals surface area (Å²) in [6, 6.07) is 4.14. The van der Waals surface area contributed by atoms with E-state index in [1.807, 2.05) is 12.4 Å². The van der Waals surface area contributed by atoms with Crippen LogP contribution < -0.4 is 43.0 Å². The van der Waals surface area contributed by atoms with Crippen LogP contribution >= 0.6 is 0 Å². The zero-order valence-electron chi connectivity index (χ0n) is 17.5. The second-order valence-electron chi connectivity index (χ2n) is 8.41. The molecule has 3 aliphatic heterocycles. The van der Waals surface area contributed by atoms with E-state index in [0.717, 1.165) is 85.1 Å². The molecule has 0 unspecified atom stereocenters. The Balaban J connectivity index is 1.70. The zero-order valence-corrected chi connectivity index (χ0v) is 17.5. The van der Waals surface area contributed by atoms with E-state index >= 15 is 0 Å². The Labute approximate surface area is 174 Å². The van der Waals surface area contributed by atoms with Gasteiger partial charge in [0.1, 0.15) is 0 Å². The Kier molecular flexibility index (Phi) is 9.22. The summed E-state index contributed by atoms with van der Waals surface area (Å²) < 4.78 is 0. The molecular formula is C20H39N9. The number of hydrogen-bond acceptors (Lipinski definition) is 9. The second-order valence-corrected chi connectivity index (χ2v) is 8.41. The average molecular weight is 406 g/mol. The van der Waals surface area contributed by atoms with Crippen LogP contribution in [-0.2, 0) is 6.54 Å². The molecule has 2 bridgehead atoms. The third kappa shape index (κ3) is 7.88. The van der Waals surface area contributed by atoms with E-state index < -0.39 is 0 Å². The molecule has 3 aliphatic rings. The molecule has 164 valence electrons. The maximum atomic E-state index is 6.65. The van der Waals surface area contributed by atoms with Crippen LogP contribution in [0.25, 0.3) is 0 Å². The predicted octanol–water partition coefficient (Wildman–Crippen LogP) is -2.83. The average Bonchev–Trinajstić information content (AvgIpc) is 2.74. The predicted molar refractivity (Wildman–Crippen MR) is 118 cm³/mol. The molecule has 0 atom stereocenters. The fraction of sp³-hybridized carbons (Fsp3) is 0.750. The van der Waals surface area contributed by atoms with Crippen LogP contribution in [0.5, 0.6) is 0 Å². The van der Waals surface area contributed by atoms with E-state index in [1.165, 1.54) is 5.56 Å². The molecule has 29 heavy (non-hydrogen) atoms. The van der Waals surface area contributed by atoms with Crippen LogP contribution in [0.2, 0.25) is 0 Å². The third-order valence-corrected chi connectivity index (χ3v) is 5.67. The third-order valence-electron chi connectivity index (χ3n) is 5.67. The Hall–Kier alpha value is -1.17. The molecule has 1 aromatic heterocycles. The van der Waals surface area contributed by atoms with E-state index in [1.54, 1.807) is 0 Å². The topological polar surface area (TPSA) is 123 Å². The van der Waals surface area contributed by atoms with Crippen LogP contribution in [0.1, 0.15) is 5.56 Å². The molecule has 0 aliphatic carbocycles. The fourth-order valence-electron chi connectivity index (χ4n) is 3.88. The molecule has 1 aromatic rings. The van der Waals surface area contributed by atoms with Crippen molar-refractivity contribution in [3.05, 3.63) is 30.1 Å². The SMILES string of the molecule is NC12CNCCNCC(NCc3ccncc3)(CNCCNC1)CNCCNC2. The van der Waals surface area contributed by atoms with Gasteiger partial charge in [-0.1, -0.05) is 0 Å². The highest BCUT2D eigenvalue weighted by molar-refractivity contribution is 5.10. The number of rotatable bonds is 3. The van der Waals surface area contributed by atoms with Gasteiger partial charge in [0.05, 0.1) is 11.1 Å². The first-order valence-corrected chi connectivity index (χ1v) is 10.9. The smallest absolute Gasteiger partial charge is 0.0561 e. The number of nitrogens with one attached hydrogen (secondary N) is 7. The number of nitrogens with zero attached hydrogens (tertiary/aromatic N) is 1. The lowest BCUT2D eigenvalue weighted by Crippen LogP contribution is -2.66. The van der Waals surface area contributed by atoms with Gasteiger partial charge in [0.2, 0.25) is 0 Å². The Morgan fingerprint density at radius 2 is 1.14 bits per heavy atom. The molecule has 9 heteroatoms. The van der Waals surface area contributed by atoms with Gasteiger partial charge in [0, 0.05) is 97.5 Å². The van der Waals surface area contributed by atoms with Crippen molar-refractivity contribution in [2.75, 3.05) is 78.5 Å². The Morgan fingerprint density at radius 3 is 1.59 bits per heavy atom. The number of aromatic nitrogens is 1. The highest BCUT2D eigenvalue weighted by Gasteiger charge is 2.30. The minimum atomic E-state index is -0.288. The normalized spacial score (nSPS) is 31.1. The fourth-order valence-corrected chi connectivity index (χ4v) is 3.88. The number of nitrogens with two attached hydrogens (primary N) is 1. The lowest BCUT2D eigenvalue weighted by Gasteiger charge is -2.37. The summed E-state index contributed by atoms with van der Waals surface area (Å²) in [7, 11) is 0. The van der Waals surface area contributed by atoms with Crippen LogP contribution in [-0.4, -0.2) is 94.6 Å². The Bertz CT molecular complexity index is 525. The van der Waals surface area contributed by atoms with Gasteiger partial charge in [0.25, 0.3) is 0 Å². The van der Waals surface area contributed by atoms with Gasteiger partial charge in [-0.3, -0.25) is 4.98 Å². The number of hydrogen-bond donors (Lipinski definition) is 8. The van der Waals surface area contributed by atoms with Crippen molar-refractivity contribution in [3.8, 4) is 0 Å². The molecule has 4 heterocycles. The highest BCUT2D eigenvalue weighted by atomic mass is 15.1. The van der Waals surface area contributed by atoms with Crippen molar-refractivity contribution in [1.82, 2.24) is 42.2 Å². The lowest BCUT2D eigenvalue weighted by atomic mass is 9.97. The van der Waals surface area contributed by atoms with E-state index in [9.17, 15) is 0 Å². The minimum Gasteiger partial charge on any atom is -0.322 e. The van der Waals surface area contributed by atoms with Crippen LogP contribution in [0.4, 0.5) is 0 Å².